The van der Waals surface area contributed by atoms with Crippen LogP contribution >= 0.6 is 11.6 Å². The van der Waals surface area contributed by atoms with Gasteiger partial charge in [-0.3, -0.25) is 4.72 Å². The number of nitrogens with zero attached hydrogens (tertiary/aromatic N) is 3. The monoisotopic (exact) mass is 428 g/mol. The van der Waals surface area contributed by atoms with Gasteiger partial charge >= 0.3 is 0 Å². The molecule has 2 heterocycles. The van der Waals surface area contributed by atoms with E-state index < -0.39 is 10.0 Å². The van der Waals surface area contributed by atoms with Crippen LogP contribution in [-0.2, 0) is 10.0 Å². The number of rotatable bonds is 5. The summed E-state index contributed by atoms with van der Waals surface area (Å²) in [4.78, 5) is 2.30. The zero-order chi connectivity index (χ0) is 20.3. The molecule has 0 saturated carbocycles. The van der Waals surface area contributed by atoms with Gasteiger partial charge in [-0.15, -0.1) is 10.2 Å². The minimum absolute atomic E-state index is 0.0462. The van der Waals surface area contributed by atoms with Crippen molar-refractivity contribution in [2.45, 2.75) is 24.2 Å². The third kappa shape index (κ3) is 4.52. The van der Waals surface area contributed by atoms with Gasteiger partial charge in [0.25, 0.3) is 10.0 Å². The van der Waals surface area contributed by atoms with Gasteiger partial charge < -0.3 is 4.90 Å². The molecule has 3 aromatic rings. The number of benzene rings is 2. The lowest BCUT2D eigenvalue weighted by Crippen LogP contribution is -2.30. The number of hydrogen-bond donors (Lipinski definition) is 1. The molecular formula is C21H21ClN4O2S. The Morgan fingerprint density at radius 2 is 1.59 bits per heavy atom. The van der Waals surface area contributed by atoms with Gasteiger partial charge in [-0.25, -0.2) is 8.42 Å². The molecule has 1 aliphatic heterocycles. The van der Waals surface area contributed by atoms with Crippen molar-refractivity contribution in [1.82, 2.24) is 10.2 Å². The second-order valence-corrected chi connectivity index (χ2v) is 9.00. The smallest absolute Gasteiger partial charge is 0.263 e. The van der Waals surface area contributed by atoms with Crippen LogP contribution in [0.4, 0.5) is 11.5 Å². The highest BCUT2D eigenvalue weighted by molar-refractivity contribution is 7.92. The van der Waals surface area contributed by atoms with Crippen LogP contribution in [0.3, 0.4) is 0 Å². The van der Waals surface area contributed by atoms with E-state index in [-0.39, 0.29) is 9.92 Å². The molecule has 0 aliphatic carbocycles. The Morgan fingerprint density at radius 3 is 2.24 bits per heavy atom. The van der Waals surface area contributed by atoms with Crippen molar-refractivity contribution in [3.63, 3.8) is 0 Å². The summed E-state index contributed by atoms with van der Waals surface area (Å²) in [5, 5.41) is 8.88. The number of sulfonamides is 1. The molecular weight excluding hydrogens is 408 g/mol. The van der Waals surface area contributed by atoms with Crippen molar-refractivity contribution in [1.29, 1.82) is 0 Å². The number of anilines is 2. The van der Waals surface area contributed by atoms with Crippen LogP contribution in [0.25, 0.3) is 11.3 Å². The van der Waals surface area contributed by atoms with Crippen molar-refractivity contribution in [2.75, 3.05) is 22.7 Å². The second-order valence-electron chi connectivity index (χ2n) is 6.94. The number of halogens is 1. The highest BCUT2D eigenvalue weighted by Crippen LogP contribution is 2.25. The Morgan fingerprint density at radius 1 is 0.862 bits per heavy atom. The van der Waals surface area contributed by atoms with E-state index in [0.717, 1.165) is 30.2 Å². The van der Waals surface area contributed by atoms with Crippen molar-refractivity contribution < 1.29 is 8.42 Å². The largest absolute Gasteiger partial charge is 0.355 e. The van der Waals surface area contributed by atoms with Gasteiger partial charge in [0.2, 0.25) is 0 Å². The topological polar surface area (TPSA) is 75.2 Å². The second kappa shape index (κ2) is 8.39. The quantitative estimate of drug-likeness (QED) is 0.643. The summed E-state index contributed by atoms with van der Waals surface area (Å²) in [6.45, 7) is 2.04. The molecule has 1 N–H and O–H groups in total. The molecule has 1 saturated heterocycles. The summed E-state index contributed by atoms with van der Waals surface area (Å²) in [6, 6.07) is 17.3. The fourth-order valence-electron chi connectivity index (χ4n) is 3.35. The van der Waals surface area contributed by atoms with Crippen LogP contribution in [0.15, 0.2) is 65.6 Å². The first-order valence-corrected chi connectivity index (χ1v) is 11.4. The Hall–Kier alpha value is -2.64. The van der Waals surface area contributed by atoms with Crippen LogP contribution in [0, 0.1) is 0 Å². The van der Waals surface area contributed by atoms with E-state index in [1.807, 2.05) is 24.3 Å². The SMILES string of the molecule is O=S(=O)(Nc1ccc(-c2ccc(N3CCCCC3)nn2)cc1)c1ccccc1Cl. The third-order valence-electron chi connectivity index (χ3n) is 4.89. The van der Waals surface area contributed by atoms with E-state index >= 15 is 0 Å². The van der Waals surface area contributed by atoms with E-state index in [0.29, 0.717) is 5.69 Å². The van der Waals surface area contributed by atoms with Gasteiger partial charge in [-0.05, 0) is 55.7 Å². The molecule has 0 amide bonds. The summed E-state index contributed by atoms with van der Waals surface area (Å²) in [6.07, 6.45) is 3.65. The molecule has 1 aliphatic rings. The lowest BCUT2D eigenvalue weighted by molar-refractivity contribution is 0.571. The standard InChI is InChI=1S/C21H21ClN4O2S/c22-18-6-2-3-7-20(18)29(27,28)25-17-10-8-16(9-11-17)19-12-13-21(24-23-19)26-14-4-1-5-15-26/h2-3,6-13,25H,1,4-5,14-15H2. The maximum absolute atomic E-state index is 12.5. The van der Waals surface area contributed by atoms with Gasteiger partial charge in [0.05, 0.1) is 10.7 Å². The molecule has 0 radical (unpaired) electrons. The molecule has 0 atom stereocenters. The van der Waals surface area contributed by atoms with Gasteiger partial charge in [0.15, 0.2) is 5.82 Å². The lowest BCUT2D eigenvalue weighted by Gasteiger charge is -2.27. The number of hydrogen-bond acceptors (Lipinski definition) is 5. The fourth-order valence-corrected chi connectivity index (χ4v) is 4.93. The summed E-state index contributed by atoms with van der Waals surface area (Å²) in [5.41, 5.74) is 2.06. The molecule has 0 bridgehead atoms. The van der Waals surface area contributed by atoms with Crippen LogP contribution in [-0.4, -0.2) is 31.7 Å². The molecule has 29 heavy (non-hydrogen) atoms. The van der Waals surface area contributed by atoms with E-state index in [4.69, 9.17) is 11.6 Å². The summed E-state index contributed by atoms with van der Waals surface area (Å²) >= 11 is 6.01. The molecule has 150 valence electrons. The van der Waals surface area contributed by atoms with Crippen LogP contribution in [0.1, 0.15) is 19.3 Å². The maximum Gasteiger partial charge on any atom is 0.263 e. The summed E-state index contributed by atoms with van der Waals surface area (Å²) < 4.78 is 27.6. The predicted octanol–water partition coefficient (Wildman–Crippen LogP) is 4.59. The number of piperidine rings is 1. The van der Waals surface area contributed by atoms with Gasteiger partial charge in [-0.2, -0.15) is 0 Å². The van der Waals surface area contributed by atoms with Crippen LogP contribution in [0.2, 0.25) is 5.02 Å². The molecule has 6 nitrogen and oxygen atoms in total. The van der Waals surface area contributed by atoms with Crippen molar-refractivity contribution in [3.05, 3.63) is 65.7 Å². The average Bonchev–Trinajstić information content (AvgIpc) is 2.75. The van der Waals surface area contributed by atoms with Crippen molar-refractivity contribution >= 4 is 33.1 Å². The van der Waals surface area contributed by atoms with Crippen LogP contribution in [0.5, 0.6) is 0 Å². The normalized spacial score (nSPS) is 14.6. The predicted molar refractivity (Wildman–Crippen MR) is 116 cm³/mol. The lowest BCUT2D eigenvalue weighted by atomic mass is 10.1. The van der Waals surface area contributed by atoms with E-state index in [1.165, 1.54) is 25.3 Å². The van der Waals surface area contributed by atoms with Gasteiger partial charge in [-0.1, -0.05) is 35.9 Å². The van der Waals surface area contributed by atoms with E-state index in [2.05, 4.69) is 19.8 Å². The van der Waals surface area contributed by atoms with Gasteiger partial charge in [0.1, 0.15) is 4.90 Å². The number of nitrogens with one attached hydrogen (secondary N) is 1. The molecule has 2 aromatic carbocycles. The first kappa shape index (κ1) is 19.7. The molecule has 0 unspecified atom stereocenters. The zero-order valence-electron chi connectivity index (χ0n) is 15.8. The molecule has 1 aromatic heterocycles. The summed E-state index contributed by atoms with van der Waals surface area (Å²) in [5.74, 6) is 0.901. The summed E-state index contributed by atoms with van der Waals surface area (Å²) in [7, 11) is -3.76. The molecule has 8 heteroatoms. The van der Waals surface area contributed by atoms with Crippen molar-refractivity contribution in [2.24, 2.45) is 0 Å². The minimum Gasteiger partial charge on any atom is -0.355 e. The number of aromatic nitrogens is 2. The third-order valence-corrected chi connectivity index (χ3v) is 6.77. The maximum atomic E-state index is 12.5. The highest BCUT2D eigenvalue weighted by atomic mass is 35.5. The Balaban J connectivity index is 1.48. The molecule has 4 rings (SSSR count). The fraction of sp³-hybridized carbons (Fsp3) is 0.238. The van der Waals surface area contributed by atoms with Crippen molar-refractivity contribution in [3.8, 4) is 11.3 Å². The zero-order valence-corrected chi connectivity index (χ0v) is 17.3. The molecule has 0 spiro atoms. The first-order valence-electron chi connectivity index (χ1n) is 9.49. The molecule has 1 fully saturated rings. The van der Waals surface area contributed by atoms with Gasteiger partial charge in [0, 0.05) is 24.3 Å². The highest BCUT2D eigenvalue weighted by Gasteiger charge is 2.17. The average molecular weight is 429 g/mol. The van der Waals surface area contributed by atoms with E-state index in [9.17, 15) is 8.42 Å². The minimum atomic E-state index is -3.76. The Kier molecular flexibility index (Phi) is 5.69. The Labute approximate surface area is 175 Å². The van der Waals surface area contributed by atoms with Crippen LogP contribution < -0.4 is 9.62 Å². The van der Waals surface area contributed by atoms with E-state index in [1.54, 1.807) is 30.3 Å². The Bertz CT molecular complexity index is 1080. The first-order chi connectivity index (χ1) is 14.0.